The number of para-hydroxylation sites is 1. The predicted molar refractivity (Wildman–Crippen MR) is 100 cm³/mol. The maximum atomic E-state index is 12.6. The van der Waals surface area contributed by atoms with Gasteiger partial charge in [-0.3, -0.25) is 9.52 Å². The summed E-state index contributed by atoms with van der Waals surface area (Å²) < 4.78 is 27.6. The minimum Gasteiger partial charge on any atom is -0.478 e. The van der Waals surface area contributed by atoms with Gasteiger partial charge >= 0.3 is 5.97 Å². The van der Waals surface area contributed by atoms with Crippen LogP contribution in [0.15, 0.2) is 53.4 Å². The lowest BCUT2D eigenvalue weighted by molar-refractivity contribution is 0.0696. The molecule has 0 radical (unpaired) electrons. The van der Waals surface area contributed by atoms with Crippen LogP contribution in [0.2, 0.25) is 0 Å². The Morgan fingerprint density at radius 1 is 0.963 bits per heavy atom. The molecule has 0 aliphatic heterocycles. The third kappa shape index (κ3) is 4.46. The van der Waals surface area contributed by atoms with Crippen LogP contribution in [0, 0.1) is 0 Å². The molecule has 0 atom stereocenters. The first kappa shape index (κ1) is 18.9. The topological polar surface area (TPSA) is 113 Å². The van der Waals surface area contributed by atoms with Gasteiger partial charge in [0.15, 0.2) is 0 Å². The Morgan fingerprint density at radius 3 is 2.22 bits per heavy atom. The highest BCUT2D eigenvalue weighted by atomic mass is 32.2. The Labute approximate surface area is 157 Å². The first-order chi connectivity index (χ1) is 12.9. The van der Waals surface area contributed by atoms with Crippen LogP contribution >= 0.6 is 0 Å². The molecule has 1 aliphatic rings. The van der Waals surface area contributed by atoms with Crippen LogP contribution in [-0.4, -0.2) is 31.4 Å². The predicted octanol–water partition coefficient (Wildman–Crippen LogP) is 2.86. The van der Waals surface area contributed by atoms with Gasteiger partial charge in [0, 0.05) is 6.04 Å². The molecule has 1 saturated carbocycles. The Hall–Kier alpha value is -2.87. The summed E-state index contributed by atoms with van der Waals surface area (Å²) >= 11 is 0. The summed E-state index contributed by atoms with van der Waals surface area (Å²) in [6.45, 7) is 0. The number of sulfonamides is 1. The highest BCUT2D eigenvalue weighted by Crippen LogP contribution is 2.22. The maximum absolute atomic E-state index is 12.6. The van der Waals surface area contributed by atoms with Gasteiger partial charge in [-0.2, -0.15) is 0 Å². The highest BCUT2D eigenvalue weighted by molar-refractivity contribution is 7.92. The minimum absolute atomic E-state index is 0.00899. The summed E-state index contributed by atoms with van der Waals surface area (Å²) in [5.74, 6) is -1.46. The largest absolute Gasteiger partial charge is 0.478 e. The van der Waals surface area contributed by atoms with Crippen molar-refractivity contribution in [3.05, 3.63) is 59.7 Å². The number of rotatable bonds is 6. The van der Waals surface area contributed by atoms with Crippen molar-refractivity contribution in [3.63, 3.8) is 0 Å². The van der Waals surface area contributed by atoms with Crippen molar-refractivity contribution in [2.24, 2.45) is 0 Å². The van der Waals surface area contributed by atoms with E-state index in [0.29, 0.717) is 0 Å². The van der Waals surface area contributed by atoms with Crippen LogP contribution in [-0.2, 0) is 10.0 Å². The second-order valence-corrected chi connectivity index (χ2v) is 8.12. The van der Waals surface area contributed by atoms with Crippen molar-refractivity contribution in [2.75, 3.05) is 4.72 Å². The lowest BCUT2D eigenvalue weighted by Crippen LogP contribution is -2.33. The number of carboxylic acids is 1. The van der Waals surface area contributed by atoms with Crippen LogP contribution in [0.4, 0.5) is 5.69 Å². The summed E-state index contributed by atoms with van der Waals surface area (Å²) in [6.07, 6.45) is 4.00. The van der Waals surface area contributed by atoms with Gasteiger partial charge in [0.2, 0.25) is 0 Å². The van der Waals surface area contributed by atoms with Crippen LogP contribution in [0.1, 0.15) is 46.4 Å². The van der Waals surface area contributed by atoms with E-state index in [2.05, 4.69) is 10.0 Å². The molecule has 0 bridgehead atoms. The van der Waals surface area contributed by atoms with E-state index in [0.717, 1.165) is 25.7 Å². The molecule has 0 aromatic heterocycles. The van der Waals surface area contributed by atoms with E-state index in [1.54, 1.807) is 18.2 Å². The molecule has 142 valence electrons. The fourth-order valence-electron chi connectivity index (χ4n) is 3.08. The van der Waals surface area contributed by atoms with E-state index in [1.165, 1.54) is 30.3 Å². The summed E-state index contributed by atoms with van der Waals surface area (Å²) in [4.78, 5) is 23.4. The molecule has 7 nitrogen and oxygen atoms in total. The average molecular weight is 388 g/mol. The highest BCUT2D eigenvalue weighted by Gasteiger charge is 2.22. The monoisotopic (exact) mass is 388 g/mol. The number of nitrogens with one attached hydrogen (secondary N) is 2. The smallest absolute Gasteiger partial charge is 0.335 e. The number of anilines is 1. The third-order valence-corrected chi connectivity index (χ3v) is 5.90. The molecule has 2 aromatic rings. The van der Waals surface area contributed by atoms with Crippen LogP contribution in [0.25, 0.3) is 0 Å². The normalized spacial score (nSPS) is 14.7. The van der Waals surface area contributed by atoms with Gasteiger partial charge in [0.25, 0.3) is 15.9 Å². The fraction of sp³-hybridized carbons (Fsp3) is 0.263. The van der Waals surface area contributed by atoms with Crippen molar-refractivity contribution < 1.29 is 23.1 Å². The number of carbonyl (C=O) groups excluding carboxylic acids is 1. The van der Waals surface area contributed by atoms with E-state index in [4.69, 9.17) is 5.11 Å². The van der Waals surface area contributed by atoms with E-state index in [9.17, 15) is 18.0 Å². The zero-order valence-electron chi connectivity index (χ0n) is 14.5. The van der Waals surface area contributed by atoms with Crippen molar-refractivity contribution in [1.82, 2.24) is 5.32 Å². The molecule has 0 unspecified atom stereocenters. The molecule has 1 amide bonds. The Bertz CT molecular complexity index is 948. The van der Waals surface area contributed by atoms with Gasteiger partial charge in [-0.1, -0.05) is 25.0 Å². The third-order valence-electron chi connectivity index (χ3n) is 4.52. The maximum Gasteiger partial charge on any atom is 0.335 e. The Balaban J connectivity index is 1.82. The summed E-state index contributed by atoms with van der Waals surface area (Å²) in [5, 5.41) is 11.9. The number of aromatic carboxylic acids is 1. The lowest BCUT2D eigenvalue weighted by atomic mass is 10.1. The number of amides is 1. The van der Waals surface area contributed by atoms with Crippen LogP contribution in [0.5, 0.6) is 0 Å². The molecule has 0 heterocycles. The van der Waals surface area contributed by atoms with Crippen molar-refractivity contribution in [2.45, 2.75) is 36.6 Å². The molecule has 27 heavy (non-hydrogen) atoms. The average Bonchev–Trinajstić information content (AvgIpc) is 3.15. The van der Waals surface area contributed by atoms with Gasteiger partial charge in [0.05, 0.1) is 21.7 Å². The van der Waals surface area contributed by atoms with Gasteiger partial charge in [0.1, 0.15) is 0 Å². The number of carbonyl (C=O) groups is 2. The number of hydrogen-bond acceptors (Lipinski definition) is 4. The number of benzene rings is 2. The first-order valence-electron chi connectivity index (χ1n) is 8.63. The molecule has 3 rings (SSSR count). The molecule has 8 heteroatoms. The first-order valence-corrected chi connectivity index (χ1v) is 10.1. The van der Waals surface area contributed by atoms with E-state index < -0.39 is 16.0 Å². The molecule has 3 N–H and O–H groups in total. The zero-order chi connectivity index (χ0) is 19.4. The second-order valence-electron chi connectivity index (χ2n) is 6.44. The summed E-state index contributed by atoms with van der Waals surface area (Å²) in [7, 11) is -3.96. The van der Waals surface area contributed by atoms with Crippen molar-refractivity contribution >= 4 is 27.6 Å². The van der Waals surface area contributed by atoms with Gasteiger partial charge in [-0.25, -0.2) is 13.2 Å². The van der Waals surface area contributed by atoms with E-state index in [1.807, 2.05) is 0 Å². The summed E-state index contributed by atoms with van der Waals surface area (Å²) in [5.41, 5.74) is 0.413. The SMILES string of the molecule is O=C(O)c1ccc(S(=O)(=O)Nc2ccccc2C(=O)NC2CCCC2)cc1. The van der Waals surface area contributed by atoms with Crippen molar-refractivity contribution in [3.8, 4) is 0 Å². The summed E-state index contributed by atoms with van der Waals surface area (Å²) in [6, 6.07) is 11.4. The van der Waals surface area contributed by atoms with Crippen molar-refractivity contribution in [1.29, 1.82) is 0 Å². The molecular weight excluding hydrogens is 368 g/mol. The molecular formula is C19H20N2O5S. The quantitative estimate of drug-likeness (QED) is 0.704. The Kier molecular flexibility index (Phi) is 5.46. The number of carboxylic acid groups (broad SMARTS) is 1. The Morgan fingerprint density at radius 2 is 1.59 bits per heavy atom. The molecule has 2 aromatic carbocycles. The van der Waals surface area contributed by atoms with E-state index in [-0.39, 0.29) is 33.7 Å². The molecule has 1 aliphatic carbocycles. The van der Waals surface area contributed by atoms with E-state index >= 15 is 0 Å². The molecule has 0 spiro atoms. The standard InChI is InChI=1S/C19H20N2O5S/c22-18(20-14-5-1-2-6-14)16-7-3-4-8-17(16)21-27(25,26)15-11-9-13(10-12-15)19(23)24/h3-4,7-12,14,21H,1-2,5-6H2,(H,20,22)(H,23,24). The van der Waals surface area contributed by atoms with Crippen LogP contribution < -0.4 is 10.0 Å². The van der Waals surface area contributed by atoms with Gasteiger partial charge in [-0.15, -0.1) is 0 Å². The molecule has 1 fully saturated rings. The van der Waals surface area contributed by atoms with Gasteiger partial charge in [-0.05, 0) is 49.2 Å². The lowest BCUT2D eigenvalue weighted by Gasteiger charge is -2.15. The zero-order valence-corrected chi connectivity index (χ0v) is 15.3. The fourth-order valence-corrected chi connectivity index (χ4v) is 4.16. The number of hydrogen-bond donors (Lipinski definition) is 3. The molecule has 0 saturated heterocycles. The second kappa shape index (κ2) is 7.79. The minimum atomic E-state index is -3.96. The van der Waals surface area contributed by atoms with Gasteiger partial charge < -0.3 is 10.4 Å². The van der Waals surface area contributed by atoms with Crippen LogP contribution in [0.3, 0.4) is 0 Å².